The van der Waals surface area contributed by atoms with E-state index >= 15 is 0 Å². The molecule has 100 valence electrons. The van der Waals surface area contributed by atoms with Crippen LogP contribution in [0.1, 0.15) is 11.1 Å². The Morgan fingerprint density at radius 3 is 1.89 bits per heavy atom. The van der Waals surface area contributed by atoms with E-state index in [0.29, 0.717) is 0 Å². The van der Waals surface area contributed by atoms with Crippen LogP contribution >= 0.6 is 10.7 Å². The zero-order valence-corrected chi connectivity index (χ0v) is 12.2. The summed E-state index contributed by atoms with van der Waals surface area (Å²) in [6.45, 7) is 5.51. The van der Waals surface area contributed by atoms with Gasteiger partial charge in [0.15, 0.2) is 0 Å². The molecule has 4 heteroatoms. The summed E-state index contributed by atoms with van der Waals surface area (Å²) in [5, 5.41) is 0. The fraction of sp³-hybridized carbons (Fsp3) is 0.0667. The minimum Gasteiger partial charge on any atom is -0.207 e. The number of rotatable bonds is 2. The van der Waals surface area contributed by atoms with Crippen LogP contribution in [-0.2, 0) is 9.05 Å². The summed E-state index contributed by atoms with van der Waals surface area (Å²) in [5.74, 6) is 0. The molecule has 0 unspecified atom stereocenters. The van der Waals surface area contributed by atoms with E-state index in [-0.39, 0.29) is 4.90 Å². The molecule has 0 aliphatic carbocycles. The molecule has 0 aromatic heterocycles. The number of aryl methyl sites for hydroxylation is 1. The number of halogens is 1. The Balaban J connectivity index is 0.000000200. The van der Waals surface area contributed by atoms with Gasteiger partial charge in [-0.15, -0.1) is 0 Å². The second-order valence-electron chi connectivity index (χ2n) is 3.87. The van der Waals surface area contributed by atoms with Crippen molar-refractivity contribution in [2.45, 2.75) is 11.8 Å². The van der Waals surface area contributed by atoms with Crippen LogP contribution in [0, 0.1) is 6.92 Å². The second-order valence-corrected chi connectivity index (χ2v) is 6.43. The summed E-state index contributed by atoms with van der Waals surface area (Å²) in [7, 11) is 1.54. The maximum absolute atomic E-state index is 10.7. The van der Waals surface area contributed by atoms with E-state index in [0.717, 1.165) is 5.56 Å². The Kier molecular flexibility index (Phi) is 5.80. The first-order valence-electron chi connectivity index (χ1n) is 5.62. The Bertz CT molecular complexity index is 617. The smallest absolute Gasteiger partial charge is 0.207 e. The van der Waals surface area contributed by atoms with Crippen molar-refractivity contribution in [3.8, 4) is 0 Å². The van der Waals surface area contributed by atoms with E-state index in [1.165, 1.54) is 17.7 Å². The van der Waals surface area contributed by atoms with Gasteiger partial charge in [0, 0.05) is 10.7 Å². The highest BCUT2D eigenvalue weighted by atomic mass is 35.7. The van der Waals surface area contributed by atoms with Crippen LogP contribution in [-0.4, -0.2) is 8.42 Å². The Morgan fingerprint density at radius 1 is 1.00 bits per heavy atom. The molecule has 0 amide bonds. The molecule has 2 nitrogen and oxygen atoms in total. The van der Waals surface area contributed by atoms with Crippen LogP contribution in [0.25, 0.3) is 6.08 Å². The lowest BCUT2D eigenvalue weighted by molar-refractivity contribution is 0.609. The average Bonchev–Trinajstić information content (AvgIpc) is 2.40. The lowest BCUT2D eigenvalue weighted by atomic mass is 10.2. The minimum atomic E-state index is -3.55. The van der Waals surface area contributed by atoms with E-state index < -0.39 is 9.05 Å². The molecule has 0 heterocycles. The first kappa shape index (κ1) is 15.5. The van der Waals surface area contributed by atoms with E-state index in [4.69, 9.17) is 10.7 Å². The molecule has 2 aromatic rings. The first-order chi connectivity index (χ1) is 8.93. The van der Waals surface area contributed by atoms with Crippen LogP contribution < -0.4 is 0 Å². The predicted molar refractivity (Wildman–Crippen MR) is 80.8 cm³/mol. The number of hydrogen-bond acceptors (Lipinski definition) is 2. The van der Waals surface area contributed by atoms with Crippen LogP contribution in [0.15, 0.2) is 66.1 Å². The van der Waals surface area contributed by atoms with Gasteiger partial charge in [0.1, 0.15) is 0 Å². The van der Waals surface area contributed by atoms with E-state index in [1.54, 1.807) is 12.1 Å². The Labute approximate surface area is 118 Å². The van der Waals surface area contributed by atoms with Crippen molar-refractivity contribution in [1.82, 2.24) is 0 Å². The van der Waals surface area contributed by atoms with Crippen molar-refractivity contribution in [3.05, 3.63) is 72.3 Å². The highest BCUT2D eigenvalue weighted by molar-refractivity contribution is 8.13. The van der Waals surface area contributed by atoms with Gasteiger partial charge in [0.05, 0.1) is 4.90 Å². The molecular formula is C15H15ClO2S. The average molecular weight is 295 g/mol. The second kappa shape index (κ2) is 7.12. The summed E-state index contributed by atoms with van der Waals surface area (Å²) in [5.41, 5.74) is 2.18. The molecule has 0 bridgehead atoms. The van der Waals surface area contributed by atoms with Gasteiger partial charge >= 0.3 is 0 Å². The largest absolute Gasteiger partial charge is 0.261 e. The van der Waals surface area contributed by atoms with Crippen LogP contribution in [0.4, 0.5) is 0 Å². The molecular weight excluding hydrogens is 280 g/mol. The molecule has 0 saturated heterocycles. The number of hydrogen-bond donors (Lipinski definition) is 0. The highest BCUT2D eigenvalue weighted by Gasteiger charge is 2.07. The Morgan fingerprint density at radius 2 is 1.53 bits per heavy atom. The maximum atomic E-state index is 10.7. The van der Waals surface area contributed by atoms with E-state index in [9.17, 15) is 8.42 Å². The lowest BCUT2D eigenvalue weighted by Gasteiger charge is -1.94. The molecule has 2 aromatic carbocycles. The molecule has 0 fully saturated rings. The summed E-state index contributed by atoms with van der Waals surface area (Å²) in [4.78, 5) is 0.143. The van der Waals surface area contributed by atoms with Gasteiger partial charge in [0.25, 0.3) is 9.05 Å². The summed E-state index contributed by atoms with van der Waals surface area (Å²) in [6.07, 6.45) is 1.83. The third-order valence-corrected chi connectivity index (χ3v) is 3.71. The van der Waals surface area contributed by atoms with Gasteiger partial charge in [-0.3, -0.25) is 0 Å². The van der Waals surface area contributed by atoms with Crippen molar-refractivity contribution in [2.24, 2.45) is 0 Å². The molecule has 0 aliphatic rings. The maximum Gasteiger partial charge on any atom is 0.261 e. The fourth-order valence-electron chi connectivity index (χ4n) is 1.29. The zero-order chi connectivity index (χ0) is 14.3. The highest BCUT2D eigenvalue weighted by Crippen LogP contribution is 2.14. The van der Waals surface area contributed by atoms with Crippen LogP contribution in [0.3, 0.4) is 0 Å². The Hall–Kier alpha value is -1.58. The van der Waals surface area contributed by atoms with Crippen molar-refractivity contribution < 1.29 is 8.42 Å². The molecule has 0 saturated carbocycles. The summed E-state index contributed by atoms with van der Waals surface area (Å²) >= 11 is 0. The van der Waals surface area contributed by atoms with Gasteiger partial charge in [-0.2, -0.15) is 0 Å². The molecule has 2 rings (SSSR count). The fourth-order valence-corrected chi connectivity index (χ4v) is 2.06. The van der Waals surface area contributed by atoms with Crippen molar-refractivity contribution in [3.63, 3.8) is 0 Å². The summed E-state index contributed by atoms with van der Waals surface area (Å²) in [6, 6.07) is 16.4. The van der Waals surface area contributed by atoms with Gasteiger partial charge in [0.2, 0.25) is 0 Å². The molecule has 0 aliphatic heterocycles. The van der Waals surface area contributed by atoms with Crippen LogP contribution in [0.5, 0.6) is 0 Å². The van der Waals surface area contributed by atoms with Crippen molar-refractivity contribution in [1.29, 1.82) is 0 Å². The normalized spacial score (nSPS) is 10.2. The third kappa shape index (κ3) is 5.73. The molecule has 0 spiro atoms. The third-order valence-electron chi connectivity index (χ3n) is 2.34. The summed E-state index contributed by atoms with van der Waals surface area (Å²) < 4.78 is 21.4. The van der Waals surface area contributed by atoms with Crippen molar-refractivity contribution >= 4 is 25.8 Å². The van der Waals surface area contributed by atoms with Gasteiger partial charge in [-0.25, -0.2) is 8.42 Å². The standard InChI is InChI=1S/C8H8.C7H7ClO2S/c1-2-8-6-4-3-5-7-8;1-6-2-4-7(5-3-6)11(8,9)10/h2-7H,1H2;2-5H,1H3. The molecule has 0 N–H and O–H groups in total. The molecule has 19 heavy (non-hydrogen) atoms. The van der Waals surface area contributed by atoms with Crippen LogP contribution in [0.2, 0.25) is 0 Å². The number of benzene rings is 2. The van der Waals surface area contributed by atoms with Gasteiger partial charge < -0.3 is 0 Å². The lowest BCUT2D eigenvalue weighted by Crippen LogP contribution is -1.89. The zero-order valence-electron chi connectivity index (χ0n) is 10.6. The minimum absolute atomic E-state index is 0.143. The van der Waals surface area contributed by atoms with Gasteiger partial charge in [-0.05, 0) is 24.6 Å². The van der Waals surface area contributed by atoms with E-state index in [2.05, 4.69) is 6.58 Å². The van der Waals surface area contributed by atoms with Gasteiger partial charge in [-0.1, -0.05) is 60.7 Å². The monoisotopic (exact) mass is 294 g/mol. The van der Waals surface area contributed by atoms with Crippen molar-refractivity contribution in [2.75, 3.05) is 0 Å². The quantitative estimate of drug-likeness (QED) is 0.776. The van der Waals surface area contributed by atoms with E-state index in [1.807, 2.05) is 43.3 Å². The predicted octanol–water partition coefficient (Wildman–Crippen LogP) is 4.25. The molecule has 0 radical (unpaired) electrons. The topological polar surface area (TPSA) is 34.1 Å². The SMILES string of the molecule is C=Cc1ccccc1.Cc1ccc(S(=O)(=O)Cl)cc1. The molecule has 0 atom stereocenters. The first-order valence-corrected chi connectivity index (χ1v) is 7.93.